The summed E-state index contributed by atoms with van der Waals surface area (Å²) in [6.45, 7) is 5.53. The molecule has 0 bridgehead atoms. The number of hydrogen-bond donors (Lipinski definition) is 1. The van der Waals surface area contributed by atoms with E-state index >= 15 is 0 Å². The van der Waals surface area contributed by atoms with Gasteiger partial charge in [-0.15, -0.1) is 5.10 Å². The second-order valence-electron chi connectivity index (χ2n) is 7.97. The van der Waals surface area contributed by atoms with Gasteiger partial charge in [-0.1, -0.05) is 38.3 Å². The average molecular weight is 452 g/mol. The lowest BCUT2D eigenvalue weighted by Gasteiger charge is -2.20. The van der Waals surface area contributed by atoms with E-state index in [2.05, 4.69) is 15.6 Å². The van der Waals surface area contributed by atoms with Crippen LogP contribution in [-0.2, 0) is 17.9 Å². The van der Waals surface area contributed by atoms with Crippen LogP contribution in [0.1, 0.15) is 79.1 Å². The van der Waals surface area contributed by atoms with Gasteiger partial charge in [0.1, 0.15) is 11.9 Å². The Morgan fingerprint density at radius 3 is 2.62 bits per heavy atom. The van der Waals surface area contributed by atoms with E-state index in [9.17, 15) is 18.8 Å². The van der Waals surface area contributed by atoms with E-state index in [1.807, 2.05) is 13.8 Å². The van der Waals surface area contributed by atoms with Crippen LogP contribution in [0.5, 0.6) is 0 Å². The molecule has 8 nitrogen and oxygen atoms in total. The van der Waals surface area contributed by atoms with Crippen LogP contribution in [0.25, 0.3) is 0 Å². The van der Waals surface area contributed by atoms with Gasteiger partial charge in [-0.25, -0.2) is 9.07 Å². The van der Waals surface area contributed by atoms with E-state index in [-0.39, 0.29) is 45.3 Å². The van der Waals surface area contributed by atoms with Crippen LogP contribution in [0.2, 0.25) is 0 Å². The first kappa shape index (κ1) is 25.4. The molecule has 1 amide bonds. The molecule has 9 heteroatoms. The number of Topliss-reactive ketones (excluding diaryl/α,β-unsaturated/α-hetero) is 1. The molecule has 1 atom stereocenters. The molecule has 0 spiro atoms. The van der Waals surface area contributed by atoms with Crippen LogP contribution >= 0.6 is 0 Å². The van der Waals surface area contributed by atoms with E-state index in [0.29, 0.717) is 18.0 Å². The first-order valence-electron chi connectivity index (χ1n) is 11.5. The number of ketones is 1. The highest BCUT2D eigenvalue weighted by Gasteiger charge is 2.17. The summed E-state index contributed by atoms with van der Waals surface area (Å²) < 4.78 is 16.9. The van der Waals surface area contributed by atoms with Crippen LogP contribution < -0.4 is 10.9 Å². The summed E-state index contributed by atoms with van der Waals surface area (Å²) in [6.07, 6.45) is 8.11. The van der Waals surface area contributed by atoms with Gasteiger partial charge < -0.3 is 9.88 Å². The molecule has 1 aliphatic carbocycles. The largest absolute Gasteiger partial charge is 0.326 e. The average Bonchev–Trinajstić information content (AvgIpc) is 3.24. The molecule has 1 N–H and O–H groups in total. The zero-order valence-corrected chi connectivity index (χ0v) is 19.2. The molecule has 1 aliphatic rings. The Morgan fingerprint density at radius 1 is 1.28 bits per heavy atom. The summed E-state index contributed by atoms with van der Waals surface area (Å²) in [6, 6.07) is 3.02. The topological polar surface area (TPSA) is 98.9 Å². The maximum absolute atomic E-state index is 14.2. The Labute approximate surface area is 191 Å². The number of aromatic nitrogens is 4. The fourth-order valence-corrected chi connectivity index (χ4v) is 3.76. The second kappa shape index (κ2) is 12.9. The molecule has 3 rings (SSSR count). The number of carbonyl (C=O) groups excluding carboxylic acids is 2. The molecule has 2 heterocycles. The van der Waals surface area contributed by atoms with Gasteiger partial charge in [-0.05, 0) is 31.2 Å². The Balaban J connectivity index is 0.00000265. The van der Waals surface area contributed by atoms with Crippen molar-refractivity contribution in [3.05, 3.63) is 40.6 Å². The van der Waals surface area contributed by atoms with Crippen molar-refractivity contribution in [3.8, 4) is 0 Å². The molecule has 32 heavy (non-hydrogen) atoms. The van der Waals surface area contributed by atoms with Crippen molar-refractivity contribution in [2.75, 3.05) is 5.32 Å². The van der Waals surface area contributed by atoms with Crippen LogP contribution in [0.4, 0.5) is 10.1 Å². The number of hydrogen-bond acceptors (Lipinski definition) is 5. The molecule has 1 fully saturated rings. The van der Waals surface area contributed by atoms with Crippen LogP contribution in [0, 0.1) is 5.92 Å². The second-order valence-corrected chi connectivity index (χ2v) is 7.97. The third kappa shape index (κ3) is 8.01. The lowest BCUT2D eigenvalue weighted by molar-refractivity contribution is -0.117. The van der Waals surface area contributed by atoms with E-state index in [1.165, 1.54) is 47.7 Å². The molecule has 1 unspecified atom stereocenters. The predicted octanol–water partition coefficient (Wildman–Crippen LogP) is 4.50. The number of nitrogens with zero attached hydrogens (tertiary/aromatic N) is 4. The van der Waals surface area contributed by atoms with Crippen molar-refractivity contribution in [2.24, 2.45) is 5.92 Å². The lowest BCUT2D eigenvalue weighted by atomic mass is 9.87. The number of amides is 1. The van der Waals surface area contributed by atoms with Gasteiger partial charge in [0, 0.05) is 40.7 Å². The van der Waals surface area contributed by atoms with Crippen LogP contribution in [0.3, 0.4) is 0 Å². The minimum atomic E-state index is -1.24. The monoisotopic (exact) mass is 451 g/mol. The fourth-order valence-electron chi connectivity index (χ4n) is 3.76. The molecule has 180 valence electrons. The number of carbonyl (C=O) groups is 2. The van der Waals surface area contributed by atoms with Gasteiger partial charge in [-0.2, -0.15) is 0 Å². The zero-order valence-electron chi connectivity index (χ0n) is 19.2. The number of alkyl halides is 1. The minimum absolute atomic E-state index is 0. The van der Waals surface area contributed by atoms with Gasteiger partial charge in [0.15, 0.2) is 5.78 Å². The summed E-state index contributed by atoms with van der Waals surface area (Å²) in [4.78, 5) is 35.7. The molecular formula is C23H38FN5O3. The van der Waals surface area contributed by atoms with Crippen molar-refractivity contribution in [2.45, 2.75) is 85.0 Å². The summed E-state index contributed by atoms with van der Waals surface area (Å²) in [5, 5.41) is 10.2. The first-order chi connectivity index (χ1) is 15.4. The fraction of sp³-hybridized carbons (Fsp3) is 0.609. The lowest BCUT2D eigenvalue weighted by Crippen LogP contribution is -2.24. The van der Waals surface area contributed by atoms with Crippen molar-refractivity contribution >= 4 is 17.4 Å². The van der Waals surface area contributed by atoms with Crippen LogP contribution in [-0.4, -0.2) is 37.4 Å². The van der Waals surface area contributed by atoms with E-state index in [1.54, 1.807) is 12.3 Å². The molecular weight excluding hydrogens is 413 g/mol. The summed E-state index contributed by atoms with van der Waals surface area (Å²) in [7, 11) is 0. The van der Waals surface area contributed by atoms with Crippen molar-refractivity contribution in [1.29, 1.82) is 0 Å². The van der Waals surface area contributed by atoms with Gasteiger partial charge in [-0.3, -0.25) is 14.4 Å². The quantitative estimate of drug-likeness (QED) is 0.566. The molecule has 0 saturated heterocycles. The summed E-state index contributed by atoms with van der Waals surface area (Å²) in [5.74, 6) is 0.131. The maximum atomic E-state index is 14.2. The summed E-state index contributed by atoms with van der Waals surface area (Å²) >= 11 is 0. The van der Waals surface area contributed by atoms with Gasteiger partial charge in [0.2, 0.25) is 5.91 Å². The number of nitrogens with one attached hydrogen (secondary N) is 1. The molecule has 0 radical (unpaired) electrons. The van der Waals surface area contributed by atoms with E-state index in [4.69, 9.17) is 0 Å². The molecule has 2 aromatic heterocycles. The number of aryl methyl sites for hydroxylation is 1. The Bertz CT molecular complexity index is 945. The number of rotatable bonds is 9. The number of halogens is 1. The van der Waals surface area contributed by atoms with Crippen molar-refractivity contribution in [3.63, 3.8) is 0 Å². The van der Waals surface area contributed by atoms with Crippen molar-refractivity contribution in [1.82, 2.24) is 19.6 Å². The van der Waals surface area contributed by atoms with Gasteiger partial charge in [0.25, 0.3) is 5.56 Å². The Morgan fingerprint density at radius 2 is 2.00 bits per heavy atom. The maximum Gasteiger partial charge on any atom is 0.252 e. The standard InChI is InChI=1S/C21H28FN5O3.C2H6.2H2/c1-15(28)19-14-27(25-24-19)13-17(22)7-9-26-10-8-18(12-21(26)30)23-20(29)11-16-5-3-2-4-6-16;1-2;;/h8,10,12,14,16-17H,2-7,9,11,13H2,1H3,(H,23,29);1-2H3;2*1H. The van der Waals surface area contributed by atoms with E-state index < -0.39 is 6.17 Å². The SMILES string of the molecule is CC.CC(=O)c1cn(CC(F)CCn2ccc(NC(=O)CC3CCCCC3)cc2=O)nn1.[HH].[HH]. The highest BCUT2D eigenvalue weighted by atomic mass is 19.1. The highest BCUT2D eigenvalue weighted by molar-refractivity contribution is 5.91. The molecule has 2 aromatic rings. The predicted molar refractivity (Wildman–Crippen MR) is 126 cm³/mol. The Hall–Kier alpha value is -2.84. The minimum Gasteiger partial charge on any atom is -0.326 e. The molecule has 0 aliphatic heterocycles. The Kier molecular flexibility index (Phi) is 10.2. The summed E-state index contributed by atoms with van der Waals surface area (Å²) in [5.41, 5.74) is 0.366. The third-order valence-corrected chi connectivity index (χ3v) is 5.45. The zero-order chi connectivity index (χ0) is 23.5. The first-order valence-corrected chi connectivity index (χ1v) is 11.5. The number of pyridine rings is 1. The van der Waals surface area contributed by atoms with E-state index in [0.717, 1.165) is 12.8 Å². The number of anilines is 1. The normalized spacial score (nSPS) is 14.9. The molecule has 1 saturated carbocycles. The third-order valence-electron chi connectivity index (χ3n) is 5.45. The highest BCUT2D eigenvalue weighted by Crippen LogP contribution is 2.26. The van der Waals surface area contributed by atoms with Crippen molar-refractivity contribution < 1.29 is 16.8 Å². The van der Waals surface area contributed by atoms with Gasteiger partial charge >= 0.3 is 0 Å². The molecule has 0 aromatic carbocycles. The van der Waals surface area contributed by atoms with Crippen LogP contribution in [0.15, 0.2) is 29.3 Å². The smallest absolute Gasteiger partial charge is 0.252 e. The van der Waals surface area contributed by atoms with Gasteiger partial charge in [0.05, 0.1) is 12.7 Å².